The molecule has 1 aromatic heterocycles. The normalized spacial score (nSPS) is 28.5. The van der Waals surface area contributed by atoms with E-state index in [1.807, 2.05) is 12.1 Å². The maximum atomic E-state index is 13.2. The number of amides is 2. The van der Waals surface area contributed by atoms with Crippen molar-refractivity contribution in [3.05, 3.63) is 28.7 Å². The highest BCUT2D eigenvalue weighted by molar-refractivity contribution is 6.00. The van der Waals surface area contributed by atoms with Crippen LogP contribution in [0.15, 0.2) is 23.0 Å². The summed E-state index contributed by atoms with van der Waals surface area (Å²) in [6, 6.07) is 6.41. The summed E-state index contributed by atoms with van der Waals surface area (Å²) >= 11 is 0. The Labute approximate surface area is 217 Å². The number of nitrogens with two attached hydrogens (primary N) is 1. The summed E-state index contributed by atoms with van der Waals surface area (Å²) in [5.41, 5.74) is 8.53. The summed E-state index contributed by atoms with van der Waals surface area (Å²) in [6.07, 6.45) is 5.42. The minimum absolute atomic E-state index is 0.216. The van der Waals surface area contributed by atoms with Crippen LogP contribution in [0.3, 0.4) is 0 Å². The van der Waals surface area contributed by atoms with E-state index < -0.39 is 11.9 Å². The Morgan fingerprint density at radius 2 is 1.70 bits per heavy atom. The number of imidazole rings is 1. The Morgan fingerprint density at radius 1 is 0.973 bits per heavy atom. The number of piperidine rings is 1. The smallest absolute Gasteiger partial charge is 0.329 e. The minimum atomic E-state index is -0.655. The van der Waals surface area contributed by atoms with Gasteiger partial charge in [-0.1, -0.05) is 6.07 Å². The van der Waals surface area contributed by atoms with Gasteiger partial charge in [0, 0.05) is 77.3 Å². The van der Waals surface area contributed by atoms with Gasteiger partial charge in [-0.3, -0.25) is 28.9 Å². The van der Waals surface area contributed by atoms with Crippen molar-refractivity contribution < 1.29 is 9.59 Å². The molecule has 10 nitrogen and oxygen atoms in total. The van der Waals surface area contributed by atoms with Gasteiger partial charge < -0.3 is 15.5 Å². The minimum Gasteiger partial charge on any atom is -0.369 e. The predicted octanol–water partition coefficient (Wildman–Crippen LogP) is 0.641. The number of imide groups is 1. The van der Waals surface area contributed by atoms with Crippen LogP contribution >= 0.6 is 0 Å². The molecule has 10 heteroatoms. The number of piperazine rings is 1. The second-order valence-corrected chi connectivity index (χ2v) is 11.5. The van der Waals surface area contributed by atoms with E-state index in [0.29, 0.717) is 18.4 Å². The van der Waals surface area contributed by atoms with Crippen LogP contribution < -0.4 is 21.6 Å². The molecule has 0 radical (unpaired) electrons. The molecule has 3 N–H and O–H groups in total. The lowest BCUT2D eigenvalue weighted by atomic mass is 9.90. The highest BCUT2D eigenvalue weighted by Gasteiger charge is 2.35. The average Bonchev–Trinajstić information content (AvgIpc) is 3.12. The first-order valence-electron chi connectivity index (χ1n) is 13.9. The van der Waals surface area contributed by atoms with E-state index in [9.17, 15) is 14.4 Å². The summed E-state index contributed by atoms with van der Waals surface area (Å²) < 4.78 is 3.22. The number of anilines is 1. The average molecular weight is 510 g/mol. The van der Waals surface area contributed by atoms with Crippen LogP contribution in [-0.2, 0) is 16.6 Å². The quantitative estimate of drug-likeness (QED) is 0.570. The lowest BCUT2D eigenvalue weighted by Gasteiger charge is -2.46. The zero-order chi connectivity index (χ0) is 25.7. The summed E-state index contributed by atoms with van der Waals surface area (Å²) in [7, 11) is 1.77. The zero-order valence-corrected chi connectivity index (χ0v) is 21.8. The van der Waals surface area contributed by atoms with Gasteiger partial charge in [0.1, 0.15) is 6.04 Å². The summed E-state index contributed by atoms with van der Waals surface area (Å²) in [4.78, 5) is 45.0. The number of rotatable bonds is 5. The fourth-order valence-corrected chi connectivity index (χ4v) is 6.93. The molecule has 1 aromatic carbocycles. The van der Waals surface area contributed by atoms with Gasteiger partial charge in [0.2, 0.25) is 11.8 Å². The topological polar surface area (TPSA) is 109 Å². The lowest BCUT2D eigenvalue weighted by Crippen LogP contribution is -2.56. The first-order chi connectivity index (χ1) is 17.9. The number of hydrogen-bond acceptors (Lipinski definition) is 7. The third kappa shape index (κ3) is 4.59. The van der Waals surface area contributed by atoms with Crippen molar-refractivity contribution in [2.45, 2.75) is 56.7 Å². The van der Waals surface area contributed by atoms with Crippen molar-refractivity contribution in [3.8, 4) is 0 Å². The molecular formula is C27H39N7O3. The Kier molecular flexibility index (Phi) is 6.58. The van der Waals surface area contributed by atoms with Gasteiger partial charge in [0.05, 0.1) is 16.7 Å². The van der Waals surface area contributed by atoms with Gasteiger partial charge in [0.15, 0.2) is 0 Å². The number of benzene rings is 1. The van der Waals surface area contributed by atoms with Crippen LogP contribution in [0, 0.1) is 5.92 Å². The van der Waals surface area contributed by atoms with Crippen molar-refractivity contribution in [3.63, 3.8) is 0 Å². The Hall–Kier alpha value is -2.69. The summed E-state index contributed by atoms with van der Waals surface area (Å²) in [5.74, 6) is -0.0573. The fraction of sp³-hybridized carbons (Fsp3) is 0.667. The second kappa shape index (κ2) is 9.89. The van der Waals surface area contributed by atoms with Crippen molar-refractivity contribution in [2.24, 2.45) is 18.7 Å². The van der Waals surface area contributed by atoms with Crippen molar-refractivity contribution in [2.75, 3.05) is 50.7 Å². The van der Waals surface area contributed by atoms with E-state index in [-0.39, 0.29) is 18.0 Å². The number of aryl methyl sites for hydroxylation is 1. The standard InChI is InChI=1S/C27H39N7O3/c1-30-25-21(3-2-4-22(25)34(27(30)37)23-9-10-24(35)29-26(23)36)33-16-18(17-33)15-31-11-13-32(14-12-31)20-7-5-19(28)6-8-20/h2-4,18-20,23H,5-17,28H2,1H3,(H,29,35,36). The summed E-state index contributed by atoms with van der Waals surface area (Å²) in [5, 5.41) is 2.39. The van der Waals surface area contributed by atoms with Crippen LogP contribution in [0.5, 0.6) is 0 Å². The van der Waals surface area contributed by atoms with Crippen molar-refractivity contribution >= 4 is 28.5 Å². The molecule has 6 rings (SSSR count). The Morgan fingerprint density at radius 3 is 2.41 bits per heavy atom. The van der Waals surface area contributed by atoms with Crippen LogP contribution in [-0.4, -0.2) is 88.6 Å². The molecule has 0 bridgehead atoms. The number of nitrogens with one attached hydrogen (secondary N) is 1. The molecule has 4 heterocycles. The predicted molar refractivity (Wildman–Crippen MR) is 143 cm³/mol. The van der Waals surface area contributed by atoms with Gasteiger partial charge in [-0.05, 0) is 44.2 Å². The summed E-state index contributed by atoms with van der Waals surface area (Å²) in [6.45, 7) is 7.65. The molecule has 37 heavy (non-hydrogen) atoms. The van der Waals surface area contributed by atoms with Gasteiger partial charge in [-0.15, -0.1) is 0 Å². The molecule has 200 valence electrons. The van der Waals surface area contributed by atoms with Crippen molar-refractivity contribution in [1.29, 1.82) is 0 Å². The fourth-order valence-electron chi connectivity index (χ4n) is 6.93. The van der Waals surface area contributed by atoms with Gasteiger partial charge in [-0.2, -0.15) is 0 Å². The first-order valence-corrected chi connectivity index (χ1v) is 13.9. The molecular weight excluding hydrogens is 470 g/mol. The SMILES string of the molecule is Cn1c(=O)n(C2CCC(=O)NC2=O)c2cccc(N3CC(CN4CCN(C5CCC(N)CC5)CC4)C3)c21. The molecule has 0 spiro atoms. The van der Waals surface area contributed by atoms with Crippen LogP contribution in [0.2, 0.25) is 0 Å². The molecule has 1 unspecified atom stereocenters. The van der Waals surface area contributed by atoms with E-state index in [1.54, 1.807) is 16.2 Å². The highest BCUT2D eigenvalue weighted by Crippen LogP contribution is 2.33. The third-order valence-electron chi connectivity index (χ3n) is 9.08. The molecule has 2 aromatic rings. The monoisotopic (exact) mass is 509 g/mol. The van der Waals surface area contributed by atoms with Gasteiger partial charge in [0.25, 0.3) is 0 Å². The molecule has 4 aliphatic rings. The van der Waals surface area contributed by atoms with E-state index in [2.05, 4.69) is 26.1 Å². The van der Waals surface area contributed by atoms with Crippen molar-refractivity contribution in [1.82, 2.24) is 24.3 Å². The maximum absolute atomic E-state index is 13.2. The number of nitrogens with zero attached hydrogens (tertiary/aromatic N) is 5. The second-order valence-electron chi connectivity index (χ2n) is 11.5. The maximum Gasteiger partial charge on any atom is 0.329 e. The lowest BCUT2D eigenvalue weighted by molar-refractivity contribution is -0.135. The molecule has 3 aliphatic heterocycles. The number of hydrogen-bond donors (Lipinski definition) is 2. The van der Waals surface area contributed by atoms with E-state index in [1.165, 1.54) is 12.8 Å². The third-order valence-corrected chi connectivity index (χ3v) is 9.08. The van der Waals surface area contributed by atoms with Crippen LogP contribution in [0.25, 0.3) is 11.0 Å². The van der Waals surface area contributed by atoms with Gasteiger partial charge >= 0.3 is 5.69 Å². The number of aromatic nitrogens is 2. The van der Waals surface area contributed by atoms with E-state index in [4.69, 9.17) is 5.73 Å². The number of carbonyl (C=O) groups excluding carboxylic acids is 2. The molecule has 3 saturated heterocycles. The van der Waals surface area contributed by atoms with Crippen LogP contribution in [0.4, 0.5) is 5.69 Å². The molecule has 2 amide bonds. The number of fused-ring (bicyclic) bond motifs is 1. The van der Waals surface area contributed by atoms with Gasteiger partial charge in [-0.25, -0.2) is 4.79 Å². The molecule has 1 atom stereocenters. The van der Waals surface area contributed by atoms with E-state index in [0.717, 1.165) is 81.4 Å². The highest BCUT2D eigenvalue weighted by atomic mass is 16.2. The Bertz CT molecular complexity index is 1230. The zero-order valence-electron chi connectivity index (χ0n) is 21.8. The Balaban J connectivity index is 1.09. The largest absolute Gasteiger partial charge is 0.369 e. The number of para-hydroxylation sites is 1. The van der Waals surface area contributed by atoms with E-state index >= 15 is 0 Å². The van der Waals surface area contributed by atoms with Crippen LogP contribution in [0.1, 0.15) is 44.6 Å². The molecule has 1 aliphatic carbocycles. The molecule has 4 fully saturated rings. The number of carbonyl (C=O) groups is 2. The molecule has 1 saturated carbocycles. The first kappa shape index (κ1) is 24.6.